The van der Waals surface area contributed by atoms with Gasteiger partial charge in [-0.2, -0.15) is 0 Å². The molecule has 0 saturated carbocycles. The maximum atomic E-state index is 12.3. The van der Waals surface area contributed by atoms with Crippen molar-refractivity contribution < 1.29 is 17.7 Å². The van der Waals surface area contributed by atoms with Crippen LogP contribution >= 0.6 is 0 Å². The number of hydrogen-bond acceptors (Lipinski definition) is 5. The molecular weight excluding hydrogens is 289 g/mol. The number of sulfone groups is 1. The van der Waals surface area contributed by atoms with Gasteiger partial charge in [0.25, 0.3) is 0 Å². The Morgan fingerprint density at radius 3 is 2.29 bits per heavy atom. The predicted octanol–water partition coefficient (Wildman–Crippen LogP) is 2.04. The first-order valence-corrected chi connectivity index (χ1v) is 8.37. The molecule has 0 radical (unpaired) electrons. The number of rotatable bonds is 4. The molecule has 1 aromatic rings. The van der Waals surface area contributed by atoms with Gasteiger partial charge in [-0.1, -0.05) is 6.07 Å². The van der Waals surface area contributed by atoms with Crippen molar-refractivity contribution in [3.05, 3.63) is 36.4 Å². The van der Waals surface area contributed by atoms with Gasteiger partial charge in [-0.15, -0.1) is 6.58 Å². The van der Waals surface area contributed by atoms with Gasteiger partial charge >= 0.3 is 7.12 Å². The number of pyridine rings is 1. The summed E-state index contributed by atoms with van der Waals surface area (Å²) in [6, 6.07) is 4.77. The van der Waals surface area contributed by atoms with E-state index in [9.17, 15) is 8.42 Å². The molecule has 0 unspecified atom stereocenters. The van der Waals surface area contributed by atoms with Crippen molar-refractivity contribution in [3.8, 4) is 0 Å². The lowest BCUT2D eigenvalue weighted by molar-refractivity contribution is 0.00578. The fourth-order valence-corrected chi connectivity index (χ4v) is 3.21. The van der Waals surface area contributed by atoms with Crippen LogP contribution in [0.3, 0.4) is 0 Å². The number of aromatic nitrogens is 1. The highest BCUT2D eigenvalue weighted by molar-refractivity contribution is 7.91. The molecule has 1 fully saturated rings. The minimum absolute atomic E-state index is 0.0302. The van der Waals surface area contributed by atoms with Crippen LogP contribution in [0.25, 0.3) is 0 Å². The average Bonchev–Trinajstić information content (AvgIpc) is 2.59. The first-order valence-electron chi connectivity index (χ1n) is 6.72. The molecular formula is C14H20BNO4S. The van der Waals surface area contributed by atoms with E-state index in [0.29, 0.717) is 5.47 Å². The van der Waals surface area contributed by atoms with E-state index in [1.807, 2.05) is 27.7 Å². The molecule has 1 aliphatic heterocycles. The van der Waals surface area contributed by atoms with Crippen molar-refractivity contribution >= 4 is 17.0 Å². The Kier molecular flexibility index (Phi) is 4.03. The van der Waals surface area contributed by atoms with Crippen LogP contribution < -0.4 is 0 Å². The lowest BCUT2D eigenvalue weighted by atomic mass is 9.81. The van der Waals surface area contributed by atoms with Crippen LogP contribution in [0.5, 0.6) is 0 Å². The second kappa shape index (κ2) is 5.23. The molecule has 0 bridgehead atoms. The van der Waals surface area contributed by atoms with Crippen molar-refractivity contribution in [1.29, 1.82) is 0 Å². The fraction of sp³-hybridized carbons (Fsp3) is 0.500. The second-order valence-electron chi connectivity index (χ2n) is 6.17. The van der Waals surface area contributed by atoms with E-state index < -0.39 is 28.2 Å². The summed E-state index contributed by atoms with van der Waals surface area (Å²) in [4.78, 5) is 3.88. The van der Waals surface area contributed by atoms with Crippen LogP contribution in [0.2, 0.25) is 0 Å². The van der Waals surface area contributed by atoms with E-state index >= 15 is 0 Å². The van der Waals surface area contributed by atoms with E-state index in [0.717, 1.165) is 0 Å². The molecule has 7 heteroatoms. The van der Waals surface area contributed by atoms with E-state index in [1.54, 1.807) is 12.1 Å². The molecule has 0 aromatic carbocycles. The summed E-state index contributed by atoms with van der Waals surface area (Å²) in [7, 11) is -4.27. The van der Waals surface area contributed by atoms with Gasteiger partial charge in [-0.3, -0.25) is 0 Å². The largest absolute Gasteiger partial charge is 0.491 e. The predicted molar refractivity (Wildman–Crippen MR) is 81.5 cm³/mol. The van der Waals surface area contributed by atoms with Gasteiger partial charge in [0.15, 0.2) is 14.9 Å². The highest BCUT2D eigenvalue weighted by atomic mass is 32.2. The van der Waals surface area contributed by atoms with Gasteiger partial charge in [-0.05, 0) is 45.3 Å². The molecule has 114 valence electrons. The van der Waals surface area contributed by atoms with E-state index in [1.165, 1.54) is 12.3 Å². The van der Waals surface area contributed by atoms with Crippen molar-refractivity contribution in [3.63, 3.8) is 0 Å². The zero-order valence-corrected chi connectivity index (χ0v) is 13.6. The highest BCUT2D eigenvalue weighted by Gasteiger charge is 2.52. The van der Waals surface area contributed by atoms with Crippen molar-refractivity contribution in [2.45, 2.75) is 43.9 Å². The minimum atomic E-state index is -3.54. The van der Waals surface area contributed by atoms with E-state index in [-0.39, 0.29) is 10.8 Å². The van der Waals surface area contributed by atoms with Crippen LogP contribution in [-0.2, 0) is 19.1 Å². The van der Waals surface area contributed by atoms with E-state index in [2.05, 4.69) is 11.6 Å². The van der Waals surface area contributed by atoms with Crippen molar-refractivity contribution in [1.82, 2.24) is 4.98 Å². The van der Waals surface area contributed by atoms with Crippen molar-refractivity contribution in [2.75, 3.05) is 5.75 Å². The third kappa shape index (κ3) is 3.20. The molecule has 1 saturated heterocycles. The maximum absolute atomic E-state index is 12.3. The third-order valence-electron chi connectivity index (χ3n) is 3.92. The summed E-state index contributed by atoms with van der Waals surface area (Å²) in [6.45, 7) is 11.5. The molecule has 2 rings (SSSR count). The molecule has 5 nitrogen and oxygen atoms in total. The monoisotopic (exact) mass is 309 g/mol. The Bertz CT molecular complexity index is 624. The summed E-state index contributed by atoms with van der Waals surface area (Å²) in [5.74, 6) is -0.249. The Labute approximate surface area is 126 Å². The van der Waals surface area contributed by atoms with Gasteiger partial charge in [0.05, 0.1) is 17.0 Å². The molecule has 0 aliphatic carbocycles. The SMILES string of the molecule is C=C(CS(=O)(=O)c1ccccn1)B1OC(C)(C)C(C)(C)O1. The first-order chi connectivity index (χ1) is 9.55. The molecule has 1 aliphatic rings. The molecule has 2 heterocycles. The summed E-state index contributed by atoms with van der Waals surface area (Å²) in [5, 5.41) is 0.0302. The number of nitrogens with zero attached hydrogens (tertiary/aromatic N) is 1. The standard InChI is InChI=1S/C14H20BNO4S/c1-11(15-19-13(2,3)14(4,5)20-15)10-21(17,18)12-8-6-7-9-16-12/h6-9H,1,10H2,2-5H3. The molecule has 0 atom stereocenters. The Morgan fingerprint density at radius 2 is 1.81 bits per heavy atom. The Balaban J connectivity index is 2.14. The first kappa shape index (κ1) is 16.2. The average molecular weight is 309 g/mol. The normalized spacial score (nSPS) is 20.5. The van der Waals surface area contributed by atoms with Crippen molar-refractivity contribution in [2.24, 2.45) is 0 Å². The zero-order valence-electron chi connectivity index (χ0n) is 12.8. The summed E-state index contributed by atoms with van der Waals surface area (Å²) >= 11 is 0. The van der Waals surface area contributed by atoms with Crippen LogP contribution in [0.4, 0.5) is 0 Å². The third-order valence-corrected chi connectivity index (χ3v) is 5.55. The van der Waals surface area contributed by atoms with Gasteiger partial charge < -0.3 is 9.31 Å². The summed E-state index contributed by atoms with van der Waals surface area (Å²) in [6.07, 6.45) is 1.45. The topological polar surface area (TPSA) is 65.5 Å². The fourth-order valence-electron chi connectivity index (χ4n) is 1.93. The lowest BCUT2D eigenvalue weighted by Crippen LogP contribution is -2.41. The van der Waals surface area contributed by atoms with Crippen LogP contribution in [-0.4, -0.2) is 37.5 Å². The zero-order chi connectivity index (χ0) is 15.9. The molecule has 1 aromatic heterocycles. The lowest BCUT2D eigenvalue weighted by Gasteiger charge is -2.32. The Morgan fingerprint density at radius 1 is 1.24 bits per heavy atom. The highest BCUT2D eigenvalue weighted by Crippen LogP contribution is 2.38. The van der Waals surface area contributed by atoms with E-state index in [4.69, 9.17) is 9.31 Å². The van der Waals surface area contributed by atoms with Gasteiger partial charge in [-0.25, -0.2) is 13.4 Å². The maximum Gasteiger partial charge on any atom is 0.491 e. The van der Waals surface area contributed by atoms with Gasteiger partial charge in [0.1, 0.15) is 0 Å². The van der Waals surface area contributed by atoms with Gasteiger partial charge in [0, 0.05) is 6.20 Å². The van der Waals surface area contributed by atoms with Gasteiger partial charge in [0.2, 0.25) is 0 Å². The quantitative estimate of drug-likeness (QED) is 0.796. The molecule has 0 amide bonds. The Hall–Kier alpha value is -1.18. The smallest absolute Gasteiger partial charge is 0.400 e. The number of hydrogen-bond donors (Lipinski definition) is 0. The summed E-state index contributed by atoms with van der Waals surface area (Å²) in [5.41, 5.74) is -0.663. The minimum Gasteiger partial charge on any atom is -0.400 e. The van der Waals surface area contributed by atoms with Crippen LogP contribution in [0.1, 0.15) is 27.7 Å². The summed E-state index contributed by atoms with van der Waals surface area (Å²) < 4.78 is 36.2. The van der Waals surface area contributed by atoms with Crippen LogP contribution in [0, 0.1) is 0 Å². The molecule has 0 N–H and O–H groups in total. The van der Waals surface area contributed by atoms with Crippen LogP contribution in [0.15, 0.2) is 41.5 Å². The molecule has 0 spiro atoms. The molecule has 21 heavy (non-hydrogen) atoms. The second-order valence-corrected chi connectivity index (χ2v) is 8.11.